The van der Waals surface area contributed by atoms with E-state index in [1.165, 1.54) is 4.88 Å². The monoisotopic (exact) mass is 227 g/mol. The van der Waals surface area contributed by atoms with Gasteiger partial charge in [-0.25, -0.2) is 4.98 Å². The molecule has 0 aliphatic rings. The summed E-state index contributed by atoms with van der Waals surface area (Å²) >= 11 is 1.73. The van der Waals surface area contributed by atoms with Crippen molar-refractivity contribution in [2.75, 3.05) is 25.5 Å². The molecule has 0 aliphatic heterocycles. The molecule has 4 heteroatoms. The van der Waals surface area contributed by atoms with E-state index in [1.54, 1.807) is 11.3 Å². The van der Waals surface area contributed by atoms with E-state index in [-0.39, 0.29) is 0 Å². The summed E-state index contributed by atoms with van der Waals surface area (Å²) < 4.78 is 0. The lowest BCUT2D eigenvalue weighted by Gasteiger charge is -2.20. The lowest BCUT2D eigenvalue weighted by molar-refractivity contribution is 0.284. The van der Waals surface area contributed by atoms with Crippen molar-refractivity contribution in [3.63, 3.8) is 0 Å². The number of anilines is 1. The number of thiazole rings is 1. The fraction of sp³-hybridized carbons (Fsp3) is 0.727. The zero-order chi connectivity index (χ0) is 11.4. The lowest BCUT2D eigenvalue weighted by atomic mass is 10.3. The molecule has 0 fully saturated rings. The summed E-state index contributed by atoms with van der Waals surface area (Å²) in [6, 6.07) is 0.603. The molecular weight excluding hydrogens is 206 g/mol. The van der Waals surface area contributed by atoms with Gasteiger partial charge in [0.1, 0.15) is 0 Å². The van der Waals surface area contributed by atoms with E-state index in [0.29, 0.717) is 6.04 Å². The van der Waals surface area contributed by atoms with Crippen LogP contribution in [0.25, 0.3) is 0 Å². The number of nitrogens with one attached hydrogen (secondary N) is 1. The molecule has 1 aromatic rings. The molecule has 0 saturated carbocycles. The number of hydrogen-bond acceptors (Lipinski definition) is 4. The van der Waals surface area contributed by atoms with Crippen molar-refractivity contribution in [3.8, 4) is 0 Å². The molecule has 0 bridgehead atoms. The second-order valence-electron chi connectivity index (χ2n) is 4.16. The second-order valence-corrected chi connectivity index (χ2v) is 5.36. The molecule has 1 heterocycles. The topological polar surface area (TPSA) is 28.2 Å². The largest absolute Gasteiger partial charge is 0.360 e. The molecule has 0 spiro atoms. The first-order valence-electron chi connectivity index (χ1n) is 5.39. The van der Waals surface area contributed by atoms with E-state index in [4.69, 9.17) is 0 Å². The van der Waals surface area contributed by atoms with Crippen molar-refractivity contribution in [2.45, 2.75) is 33.7 Å². The molecule has 3 nitrogen and oxygen atoms in total. The number of aromatic nitrogens is 1. The average Bonchev–Trinajstić information content (AvgIpc) is 2.46. The van der Waals surface area contributed by atoms with E-state index >= 15 is 0 Å². The van der Waals surface area contributed by atoms with E-state index in [1.807, 2.05) is 0 Å². The smallest absolute Gasteiger partial charge is 0.183 e. The van der Waals surface area contributed by atoms with Crippen LogP contribution >= 0.6 is 11.3 Å². The fourth-order valence-corrected chi connectivity index (χ4v) is 1.99. The number of likely N-dealkylation sites (N-methyl/N-ethyl adjacent to an activating group) is 1. The van der Waals surface area contributed by atoms with Crippen LogP contribution in [0.5, 0.6) is 0 Å². The van der Waals surface area contributed by atoms with Gasteiger partial charge in [-0.1, -0.05) is 0 Å². The fourth-order valence-electron chi connectivity index (χ4n) is 1.15. The van der Waals surface area contributed by atoms with Gasteiger partial charge in [0.15, 0.2) is 5.13 Å². The molecule has 1 N–H and O–H groups in total. The lowest BCUT2D eigenvalue weighted by Crippen LogP contribution is -2.31. The van der Waals surface area contributed by atoms with E-state index < -0.39 is 0 Å². The second kappa shape index (κ2) is 5.47. The Kier molecular flexibility index (Phi) is 4.54. The van der Waals surface area contributed by atoms with Crippen molar-refractivity contribution in [1.29, 1.82) is 0 Å². The van der Waals surface area contributed by atoms with Crippen LogP contribution in [-0.2, 0) is 0 Å². The quantitative estimate of drug-likeness (QED) is 0.838. The highest BCUT2D eigenvalue weighted by Gasteiger charge is 2.04. The van der Waals surface area contributed by atoms with Gasteiger partial charge in [0.2, 0.25) is 0 Å². The molecule has 1 rings (SSSR count). The van der Waals surface area contributed by atoms with Gasteiger partial charge in [0, 0.05) is 24.0 Å². The van der Waals surface area contributed by atoms with Gasteiger partial charge >= 0.3 is 0 Å². The Hall–Kier alpha value is -0.610. The minimum atomic E-state index is 0.603. The van der Waals surface area contributed by atoms with E-state index in [9.17, 15) is 0 Å². The average molecular weight is 227 g/mol. The van der Waals surface area contributed by atoms with Crippen molar-refractivity contribution in [1.82, 2.24) is 9.88 Å². The van der Waals surface area contributed by atoms with Gasteiger partial charge in [-0.05, 0) is 34.7 Å². The van der Waals surface area contributed by atoms with Crippen LogP contribution in [-0.4, -0.2) is 36.1 Å². The minimum Gasteiger partial charge on any atom is -0.360 e. The molecule has 0 aliphatic carbocycles. The summed E-state index contributed by atoms with van der Waals surface area (Å²) in [4.78, 5) is 8.06. The summed E-state index contributed by atoms with van der Waals surface area (Å²) in [6.45, 7) is 10.6. The molecule has 1 aromatic heterocycles. The Bertz CT molecular complexity index is 287. The summed E-state index contributed by atoms with van der Waals surface area (Å²) in [5.74, 6) is 0. The van der Waals surface area contributed by atoms with Crippen molar-refractivity contribution in [3.05, 3.63) is 10.6 Å². The summed E-state index contributed by atoms with van der Waals surface area (Å²) in [5.41, 5.74) is 1.14. The third-order valence-corrected chi connectivity index (χ3v) is 3.68. The maximum absolute atomic E-state index is 4.44. The molecule has 0 aromatic carbocycles. The van der Waals surface area contributed by atoms with Gasteiger partial charge in [0.05, 0.1) is 5.69 Å². The van der Waals surface area contributed by atoms with Crippen LogP contribution < -0.4 is 5.32 Å². The molecule has 86 valence electrons. The maximum Gasteiger partial charge on any atom is 0.183 e. The predicted molar refractivity (Wildman–Crippen MR) is 67.8 cm³/mol. The highest BCUT2D eigenvalue weighted by Crippen LogP contribution is 2.20. The summed E-state index contributed by atoms with van der Waals surface area (Å²) in [7, 11) is 2.14. The summed E-state index contributed by atoms with van der Waals surface area (Å²) in [6.07, 6.45) is 0. The molecule has 0 amide bonds. The van der Waals surface area contributed by atoms with Crippen LogP contribution in [0.2, 0.25) is 0 Å². The zero-order valence-corrected chi connectivity index (χ0v) is 11.1. The SMILES string of the molecule is Cc1nc(NCCN(C)C(C)C)sc1C. The van der Waals surface area contributed by atoms with Crippen molar-refractivity contribution < 1.29 is 0 Å². The Balaban J connectivity index is 2.32. The van der Waals surface area contributed by atoms with Gasteiger partial charge in [-0.3, -0.25) is 0 Å². The van der Waals surface area contributed by atoms with Crippen LogP contribution in [0.3, 0.4) is 0 Å². The standard InChI is InChI=1S/C11H21N3S/c1-8(2)14(5)7-6-12-11-13-9(3)10(4)15-11/h8H,6-7H2,1-5H3,(H,12,13). The maximum atomic E-state index is 4.44. The Morgan fingerprint density at radius 3 is 2.53 bits per heavy atom. The van der Waals surface area contributed by atoms with Gasteiger partial charge < -0.3 is 10.2 Å². The molecule has 0 radical (unpaired) electrons. The van der Waals surface area contributed by atoms with Crippen LogP contribution in [0.1, 0.15) is 24.4 Å². The number of aryl methyl sites for hydroxylation is 2. The predicted octanol–water partition coefficient (Wildman–Crippen LogP) is 2.51. The third-order valence-electron chi connectivity index (χ3n) is 2.65. The van der Waals surface area contributed by atoms with Crippen molar-refractivity contribution in [2.24, 2.45) is 0 Å². The molecule has 0 unspecified atom stereocenters. The third kappa shape index (κ3) is 3.80. The molecule has 0 atom stereocenters. The molecular formula is C11H21N3S. The van der Waals surface area contributed by atoms with E-state index in [2.05, 4.69) is 49.9 Å². The van der Waals surface area contributed by atoms with Crippen molar-refractivity contribution >= 4 is 16.5 Å². The summed E-state index contributed by atoms with van der Waals surface area (Å²) in [5, 5.41) is 4.40. The number of hydrogen-bond donors (Lipinski definition) is 1. The first-order valence-corrected chi connectivity index (χ1v) is 6.20. The number of nitrogens with zero attached hydrogens (tertiary/aromatic N) is 2. The van der Waals surface area contributed by atoms with Crippen LogP contribution in [0.4, 0.5) is 5.13 Å². The normalized spacial score (nSPS) is 11.4. The molecule has 0 saturated heterocycles. The first-order chi connectivity index (χ1) is 7.00. The minimum absolute atomic E-state index is 0.603. The zero-order valence-electron chi connectivity index (χ0n) is 10.3. The molecule has 15 heavy (non-hydrogen) atoms. The Morgan fingerprint density at radius 2 is 2.07 bits per heavy atom. The van der Waals surface area contributed by atoms with E-state index in [0.717, 1.165) is 23.9 Å². The highest BCUT2D eigenvalue weighted by atomic mass is 32.1. The highest BCUT2D eigenvalue weighted by molar-refractivity contribution is 7.15. The number of rotatable bonds is 5. The Labute approximate surface area is 96.5 Å². The first kappa shape index (κ1) is 12.5. The van der Waals surface area contributed by atoms with Crippen LogP contribution in [0.15, 0.2) is 0 Å². The van der Waals surface area contributed by atoms with Gasteiger partial charge in [-0.2, -0.15) is 0 Å². The Morgan fingerprint density at radius 1 is 1.40 bits per heavy atom. The van der Waals surface area contributed by atoms with Gasteiger partial charge in [0.25, 0.3) is 0 Å². The van der Waals surface area contributed by atoms with Gasteiger partial charge in [-0.15, -0.1) is 11.3 Å². The van der Waals surface area contributed by atoms with Crippen LogP contribution in [0, 0.1) is 13.8 Å².